The molecule has 0 saturated carbocycles. The number of hydrogen-bond acceptors (Lipinski definition) is 9. The van der Waals surface area contributed by atoms with Gasteiger partial charge in [0.15, 0.2) is 0 Å². The Morgan fingerprint density at radius 1 is 1.00 bits per heavy atom. The normalized spacial score (nSPS) is 14.3. The molecule has 4 unspecified atom stereocenters. The van der Waals surface area contributed by atoms with E-state index in [-0.39, 0.29) is 32.7 Å². The van der Waals surface area contributed by atoms with Gasteiger partial charge in [-0.3, -0.25) is 19.2 Å². The summed E-state index contributed by atoms with van der Waals surface area (Å²) in [4.78, 5) is 58.4. The van der Waals surface area contributed by atoms with Gasteiger partial charge in [-0.2, -0.15) is 0 Å². The quantitative estimate of drug-likeness (QED) is 0.127. The number of ether oxygens (including phenoxy) is 2. The van der Waals surface area contributed by atoms with Crippen LogP contribution in [0.3, 0.4) is 0 Å². The summed E-state index contributed by atoms with van der Waals surface area (Å²) in [5.74, 6) is -2.22. The first kappa shape index (κ1) is 29.3. The SMILES string of the molecule is CCOC(=O)C(N)CCCC(CO)NC(=O)CCC(NC(=O)C(C)NC=O)C(=O)OCC. The summed E-state index contributed by atoms with van der Waals surface area (Å²) in [5, 5.41) is 16.9. The summed E-state index contributed by atoms with van der Waals surface area (Å²) < 4.78 is 9.75. The van der Waals surface area contributed by atoms with Crippen LogP contribution in [0.5, 0.6) is 0 Å². The Labute approximate surface area is 187 Å². The van der Waals surface area contributed by atoms with Gasteiger partial charge in [-0.1, -0.05) is 0 Å². The van der Waals surface area contributed by atoms with E-state index in [0.717, 1.165) is 0 Å². The van der Waals surface area contributed by atoms with Gasteiger partial charge in [0, 0.05) is 6.42 Å². The average molecular weight is 461 g/mol. The smallest absolute Gasteiger partial charge is 0.328 e. The molecule has 0 fully saturated rings. The first-order valence-electron chi connectivity index (χ1n) is 10.7. The van der Waals surface area contributed by atoms with Crippen LogP contribution < -0.4 is 21.7 Å². The van der Waals surface area contributed by atoms with Crippen LogP contribution in [0.1, 0.15) is 52.9 Å². The molecule has 0 aliphatic carbocycles. The number of rotatable bonds is 17. The Bertz CT molecular complexity index is 616. The molecule has 0 aromatic carbocycles. The van der Waals surface area contributed by atoms with Gasteiger partial charge < -0.3 is 36.3 Å². The molecule has 4 atom stereocenters. The number of carbonyl (C=O) groups excluding carboxylic acids is 5. The fourth-order valence-corrected chi connectivity index (χ4v) is 2.70. The molecule has 0 heterocycles. The lowest BCUT2D eigenvalue weighted by atomic mass is 10.1. The van der Waals surface area contributed by atoms with Crippen LogP contribution in [-0.2, 0) is 33.4 Å². The van der Waals surface area contributed by atoms with E-state index in [4.69, 9.17) is 15.2 Å². The van der Waals surface area contributed by atoms with E-state index >= 15 is 0 Å². The van der Waals surface area contributed by atoms with Crippen molar-refractivity contribution in [2.75, 3.05) is 19.8 Å². The molecule has 0 spiro atoms. The molecule has 0 bridgehead atoms. The second-order valence-electron chi connectivity index (χ2n) is 7.09. The summed E-state index contributed by atoms with van der Waals surface area (Å²) in [7, 11) is 0. The molecule has 6 N–H and O–H groups in total. The van der Waals surface area contributed by atoms with Gasteiger partial charge in [0.05, 0.1) is 25.9 Å². The minimum atomic E-state index is -1.07. The van der Waals surface area contributed by atoms with Crippen molar-refractivity contribution in [1.82, 2.24) is 16.0 Å². The fraction of sp³-hybridized carbons (Fsp3) is 0.750. The minimum Gasteiger partial charge on any atom is -0.465 e. The number of esters is 2. The van der Waals surface area contributed by atoms with Gasteiger partial charge in [0.1, 0.15) is 18.1 Å². The maximum atomic E-state index is 12.3. The molecule has 0 saturated heterocycles. The maximum Gasteiger partial charge on any atom is 0.328 e. The molecule has 0 radical (unpaired) electrons. The number of aliphatic hydroxyl groups is 1. The summed E-state index contributed by atoms with van der Waals surface area (Å²) in [5.41, 5.74) is 5.72. The average Bonchev–Trinajstić information content (AvgIpc) is 2.75. The fourth-order valence-electron chi connectivity index (χ4n) is 2.70. The van der Waals surface area contributed by atoms with Crippen molar-refractivity contribution in [3.8, 4) is 0 Å². The largest absolute Gasteiger partial charge is 0.465 e. The van der Waals surface area contributed by atoms with Crippen LogP contribution in [0.2, 0.25) is 0 Å². The molecular weight excluding hydrogens is 424 g/mol. The second-order valence-corrected chi connectivity index (χ2v) is 7.09. The van der Waals surface area contributed by atoms with Crippen LogP contribution in [0.15, 0.2) is 0 Å². The van der Waals surface area contributed by atoms with Gasteiger partial charge in [0.2, 0.25) is 18.2 Å². The number of aliphatic hydroxyl groups excluding tert-OH is 1. The highest BCUT2D eigenvalue weighted by atomic mass is 16.5. The lowest BCUT2D eigenvalue weighted by Gasteiger charge is -2.21. The first-order valence-corrected chi connectivity index (χ1v) is 10.7. The van der Waals surface area contributed by atoms with Crippen molar-refractivity contribution in [2.45, 2.75) is 77.0 Å². The van der Waals surface area contributed by atoms with Crippen LogP contribution >= 0.6 is 0 Å². The Morgan fingerprint density at radius 2 is 1.62 bits per heavy atom. The number of nitrogens with one attached hydrogen (secondary N) is 3. The Kier molecular flexibility index (Phi) is 15.5. The van der Waals surface area contributed by atoms with E-state index in [1.165, 1.54) is 6.92 Å². The van der Waals surface area contributed by atoms with Crippen molar-refractivity contribution in [3.63, 3.8) is 0 Å². The highest BCUT2D eigenvalue weighted by Gasteiger charge is 2.25. The van der Waals surface area contributed by atoms with Gasteiger partial charge in [-0.25, -0.2) is 4.79 Å². The highest BCUT2D eigenvalue weighted by molar-refractivity contribution is 5.88. The van der Waals surface area contributed by atoms with E-state index in [1.54, 1.807) is 13.8 Å². The monoisotopic (exact) mass is 460 g/mol. The lowest BCUT2D eigenvalue weighted by Crippen LogP contribution is -2.49. The van der Waals surface area contributed by atoms with Crippen molar-refractivity contribution >= 4 is 30.2 Å². The second kappa shape index (κ2) is 16.9. The zero-order valence-corrected chi connectivity index (χ0v) is 18.9. The number of hydrogen-bond donors (Lipinski definition) is 5. The molecule has 0 aliphatic rings. The van der Waals surface area contributed by atoms with Gasteiger partial charge in [-0.15, -0.1) is 0 Å². The minimum absolute atomic E-state index is 0.0316. The van der Waals surface area contributed by atoms with E-state index in [9.17, 15) is 29.1 Å². The molecule has 12 nitrogen and oxygen atoms in total. The summed E-state index contributed by atoms with van der Waals surface area (Å²) in [6.45, 7) is 4.76. The molecule has 184 valence electrons. The maximum absolute atomic E-state index is 12.3. The molecular formula is C20H36N4O8. The van der Waals surface area contributed by atoms with E-state index in [1.807, 2.05) is 0 Å². The Hall–Kier alpha value is -2.73. The Morgan fingerprint density at radius 3 is 2.19 bits per heavy atom. The number of nitrogens with two attached hydrogens (primary N) is 1. The Balaban J connectivity index is 4.64. The van der Waals surface area contributed by atoms with Crippen molar-refractivity contribution in [3.05, 3.63) is 0 Å². The van der Waals surface area contributed by atoms with Crippen molar-refractivity contribution < 1.29 is 38.6 Å². The van der Waals surface area contributed by atoms with Crippen molar-refractivity contribution in [1.29, 1.82) is 0 Å². The first-order chi connectivity index (χ1) is 15.2. The summed E-state index contributed by atoms with van der Waals surface area (Å²) in [6, 6.07) is -3.25. The molecule has 0 aliphatic heterocycles. The van der Waals surface area contributed by atoms with Crippen LogP contribution in [-0.4, -0.2) is 79.3 Å². The summed E-state index contributed by atoms with van der Waals surface area (Å²) in [6.07, 6.45) is 1.44. The summed E-state index contributed by atoms with van der Waals surface area (Å²) >= 11 is 0. The third-order valence-electron chi connectivity index (χ3n) is 4.50. The zero-order valence-electron chi connectivity index (χ0n) is 18.9. The van der Waals surface area contributed by atoms with E-state index in [2.05, 4.69) is 16.0 Å². The van der Waals surface area contributed by atoms with Crippen LogP contribution in [0.4, 0.5) is 0 Å². The molecule has 3 amide bonds. The highest BCUT2D eigenvalue weighted by Crippen LogP contribution is 2.07. The lowest BCUT2D eigenvalue weighted by molar-refractivity contribution is -0.148. The van der Waals surface area contributed by atoms with Crippen LogP contribution in [0, 0.1) is 0 Å². The van der Waals surface area contributed by atoms with Gasteiger partial charge in [-0.05, 0) is 46.5 Å². The van der Waals surface area contributed by atoms with Crippen molar-refractivity contribution in [2.24, 2.45) is 5.73 Å². The van der Waals surface area contributed by atoms with E-state index < -0.39 is 47.9 Å². The molecule has 32 heavy (non-hydrogen) atoms. The molecule has 0 rings (SSSR count). The third-order valence-corrected chi connectivity index (χ3v) is 4.50. The third kappa shape index (κ3) is 12.2. The standard InChI is InChI=1S/C20H36N4O8/c1-4-31-19(29)15(21)8-6-7-14(11-25)23-17(27)10-9-16(20(30)32-5-2)24-18(28)13(3)22-12-26/h12-16,25H,4-11,21H2,1-3H3,(H,22,26)(H,23,27)(H,24,28). The number of amides is 3. The predicted molar refractivity (Wildman–Crippen MR) is 114 cm³/mol. The van der Waals surface area contributed by atoms with Gasteiger partial charge >= 0.3 is 11.9 Å². The number of carbonyl (C=O) groups is 5. The molecule has 12 heteroatoms. The predicted octanol–water partition coefficient (Wildman–Crippen LogP) is -1.51. The zero-order chi connectivity index (χ0) is 24.5. The van der Waals surface area contributed by atoms with Gasteiger partial charge in [0.25, 0.3) is 0 Å². The topological polar surface area (TPSA) is 186 Å². The molecule has 0 aromatic heterocycles. The van der Waals surface area contributed by atoms with Crippen LogP contribution in [0.25, 0.3) is 0 Å². The molecule has 0 aromatic rings. The van der Waals surface area contributed by atoms with E-state index in [0.29, 0.717) is 25.7 Å².